The molecule has 1 aromatic heterocycles. The molecule has 5 nitrogen and oxygen atoms in total. The highest BCUT2D eigenvalue weighted by molar-refractivity contribution is 5.91. The molecule has 0 saturated carbocycles. The van der Waals surface area contributed by atoms with Crippen LogP contribution in [0, 0.1) is 5.92 Å². The monoisotopic (exact) mass is 382 g/mol. The van der Waals surface area contributed by atoms with Crippen molar-refractivity contribution < 1.29 is 13.9 Å². The first-order valence-corrected chi connectivity index (χ1v) is 10.2. The van der Waals surface area contributed by atoms with E-state index >= 15 is 0 Å². The molecule has 1 amide bonds. The number of fused-ring (bicyclic) bond motifs is 3. The quantitative estimate of drug-likeness (QED) is 0.850. The van der Waals surface area contributed by atoms with Gasteiger partial charge in [0, 0.05) is 12.6 Å². The van der Waals surface area contributed by atoms with Crippen molar-refractivity contribution in [1.82, 2.24) is 10.2 Å². The number of hydrogen-bond acceptors (Lipinski definition) is 4. The third kappa shape index (κ3) is 4.25. The number of nitrogens with zero attached hydrogens (tertiary/aromatic N) is 1. The van der Waals surface area contributed by atoms with Gasteiger partial charge in [-0.2, -0.15) is 0 Å². The van der Waals surface area contributed by atoms with Crippen LogP contribution < -0.4 is 10.1 Å². The Balaban J connectivity index is 1.31. The Bertz CT molecular complexity index is 811. The molecule has 3 saturated heterocycles. The van der Waals surface area contributed by atoms with Crippen LogP contribution in [-0.2, 0) is 12.0 Å². The van der Waals surface area contributed by atoms with E-state index < -0.39 is 0 Å². The Hall–Kier alpha value is -2.27. The minimum Gasteiger partial charge on any atom is -0.486 e. The molecule has 0 aliphatic carbocycles. The molecule has 3 aliphatic rings. The molecule has 1 N–H and O–H groups in total. The van der Waals surface area contributed by atoms with Gasteiger partial charge >= 0.3 is 0 Å². The molecule has 4 heterocycles. The standard InChI is InChI=1S/C23H30N2O3/c1-23(2,3)17-4-6-18(7-5-17)27-15-19-8-9-21(28-19)22(26)24-20-14-25-12-10-16(20)11-13-25/h4-9,16,20H,10-15H2,1-3H3,(H,24,26). The van der Waals surface area contributed by atoms with Gasteiger partial charge in [-0.05, 0) is 67.1 Å². The lowest BCUT2D eigenvalue weighted by atomic mass is 9.84. The van der Waals surface area contributed by atoms with Crippen LogP contribution in [0.5, 0.6) is 5.75 Å². The molecule has 1 atom stereocenters. The van der Waals surface area contributed by atoms with E-state index in [9.17, 15) is 4.79 Å². The summed E-state index contributed by atoms with van der Waals surface area (Å²) in [6, 6.07) is 11.9. The second-order valence-electron chi connectivity index (χ2n) is 9.05. The second-order valence-corrected chi connectivity index (χ2v) is 9.05. The Morgan fingerprint density at radius 2 is 1.86 bits per heavy atom. The van der Waals surface area contributed by atoms with E-state index in [1.165, 1.54) is 18.4 Å². The number of benzene rings is 1. The summed E-state index contributed by atoms with van der Waals surface area (Å²) in [5.74, 6) is 2.28. The van der Waals surface area contributed by atoms with Gasteiger partial charge in [0.2, 0.25) is 0 Å². The van der Waals surface area contributed by atoms with E-state index in [1.807, 2.05) is 18.2 Å². The number of hydrogen-bond donors (Lipinski definition) is 1. The summed E-state index contributed by atoms with van der Waals surface area (Å²) in [4.78, 5) is 15.0. The number of carbonyl (C=O) groups excluding carboxylic acids is 1. The van der Waals surface area contributed by atoms with E-state index in [0.29, 0.717) is 24.0 Å². The highest BCUT2D eigenvalue weighted by atomic mass is 16.5. The van der Waals surface area contributed by atoms with Crippen LogP contribution in [0.1, 0.15) is 55.5 Å². The van der Waals surface area contributed by atoms with Gasteiger partial charge in [-0.15, -0.1) is 0 Å². The SMILES string of the molecule is CC(C)(C)c1ccc(OCc2ccc(C(=O)NC3CN4CCC3CC4)o2)cc1. The zero-order valence-corrected chi connectivity index (χ0v) is 17.0. The smallest absolute Gasteiger partial charge is 0.287 e. The van der Waals surface area contributed by atoms with E-state index in [4.69, 9.17) is 9.15 Å². The zero-order valence-electron chi connectivity index (χ0n) is 17.0. The second kappa shape index (κ2) is 7.63. The first-order valence-electron chi connectivity index (χ1n) is 10.2. The Morgan fingerprint density at radius 1 is 1.14 bits per heavy atom. The summed E-state index contributed by atoms with van der Waals surface area (Å²) in [5.41, 5.74) is 1.39. The lowest BCUT2D eigenvalue weighted by Crippen LogP contribution is -2.57. The van der Waals surface area contributed by atoms with Crippen LogP contribution in [0.2, 0.25) is 0 Å². The fraction of sp³-hybridized carbons (Fsp3) is 0.522. The summed E-state index contributed by atoms with van der Waals surface area (Å²) >= 11 is 0. The molecule has 2 bridgehead atoms. The molecule has 28 heavy (non-hydrogen) atoms. The minimum atomic E-state index is -0.125. The molecule has 5 heteroatoms. The first-order chi connectivity index (χ1) is 13.4. The van der Waals surface area contributed by atoms with Crippen molar-refractivity contribution in [3.8, 4) is 5.75 Å². The molecule has 0 radical (unpaired) electrons. The molecule has 1 unspecified atom stereocenters. The number of rotatable bonds is 5. The lowest BCUT2D eigenvalue weighted by molar-refractivity contribution is 0.0604. The fourth-order valence-electron chi connectivity index (χ4n) is 4.15. The highest BCUT2D eigenvalue weighted by Crippen LogP contribution is 2.28. The van der Waals surface area contributed by atoms with Crippen molar-refractivity contribution in [1.29, 1.82) is 0 Å². The predicted molar refractivity (Wildman–Crippen MR) is 109 cm³/mol. The number of piperidine rings is 3. The van der Waals surface area contributed by atoms with Gasteiger partial charge in [-0.25, -0.2) is 0 Å². The van der Waals surface area contributed by atoms with Crippen molar-refractivity contribution in [2.24, 2.45) is 5.92 Å². The van der Waals surface area contributed by atoms with Gasteiger partial charge in [0.15, 0.2) is 5.76 Å². The van der Waals surface area contributed by atoms with Crippen LogP contribution in [0.25, 0.3) is 0 Å². The number of amides is 1. The van der Waals surface area contributed by atoms with E-state index in [2.05, 4.69) is 43.1 Å². The van der Waals surface area contributed by atoms with Crippen LogP contribution in [0.15, 0.2) is 40.8 Å². The van der Waals surface area contributed by atoms with Crippen LogP contribution in [0.3, 0.4) is 0 Å². The summed E-state index contributed by atoms with van der Waals surface area (Å²) in [5, 5.41) is 3.16. The molecular formula is C23H30N2O3. The summed E-state index contributed by atoms with van der Waals surface area (Å²) in [7, 11) is 0. The van der Waals surface area contributed by atoms with Crippen molar-refractivity contribution in [3.05, 3.63) is 53.5 Å². The van der Waals surface area contributed by atoms with E-state index in [-0.39, 0.29) is 17.4 Å². The molecular weight excluding hydrogens is 352 g/mol. The number of carbonyl (C=O) groups is 1. The third-order valence-electron chi connectivity index (χ3n) is 5.96. The molecule has 3 fully saturated rings. The Kier molecular flexibility index (Phi) is 5.19. The Morgan fingerprint density at radius 3 is 2.46 bits per heavy atom. The molecule has 1 aromatic carbocycles. The van der Waals surface area contributed by atoms with Crippen molar-refractivity contribution >= 4 is 5.91 Å². The van der Waals surface area contributed by atoms with Gasteiger partial charge in [0.1, 0.15) is 18.1 Å². The number of ether oxygens (including phenoxy) is 1. The van der Waals surface area contributed by atoms with Crippen LogP contribution in [-0.4, -0.2) is 36.5 Å². The fourth-order valence-corrected chi connectivity index (χ4v) is 4.15. The average Bonchev–Trinajstić information content (AvgIpc) is 3.16. The first kappa shape index (κ1) is 19.1. The van der Waals surface area contributed by atoms with Crippen molar-refractivity contribution in [2.75, 3.05) is 19.6 Å². The van der Waals surface area contributed by atoms with Gasteiger partial charge in [0.05, 0.1) is 0 Å². The Labute approximate surface area is 167 Å². The third-order valence-corrected chi connectivity index (χ3v) is 5.96. The van der Waals surface area contributed by atoms with Gasteiger partial charge in [0.25, 0.3) is 5.91 Å². The zero-order chi connectivity index (χ0) is 19.7. The number of furan rings is 1. The predicted octanol–water partition coefficient (Wildman–Crippen LogP) is 3.98. The van der Waals surface area contributed by atoms with E-state index in [1.54, 1.807) is 6.07 Å². The average molecular weight is 383 g/mol. The molecule has 5 rings (SSSR count). The van der Waals surface area contributed by atoms with Gasteiger partial charge < -0.3 is 19.4 Å². The molecule has 3 aliphatic heterocycles. The maximum absolute atomic E-state index is 12.5. The van der Waals surface area contributed by atoms with Gasteiger partial charge in [-0.3, -0.25) is 4.79 Å². The molecule has 0 spiro atoms. The highest BCUT2D eigenvalue weighted by Gasteiger charge is 2.35. The maximum atomic E-state index is 12.5. The maximum Gasteiger partial charge on any atom is 0.287 e. The summed E-state index contributed by atoms with van der Waals surface area (Å²) in [6.07, 6.45) is 2.35. The topological polar surface area (TPSA) is 54.7 Å². The molecule has 2 aromatic rings. The minimum absolute atomic E-state index is 0.122. The van der Waals surface area contributed by atoms with Gasteiger partial charge in [-0.1, -0.05) is 32.9 Å². The number of nitrogens with one attached hydrogen (secondary N) is 1. The van der Waals surface area contributed by atoms with Crippen molar-refractivity contribution in [2.45, 2.75) is 51.7 Å². The lowest BCUT2D eigenvalue weighted by Gasteiger charge is -2.44. The molecule has 150 valence electrons. The summed E-state index contributed by atoms with van der Waals surface area (Å²) in [6.45, 7) is 10.2. The van der Waals surface area contributed by atoms with Crippen molar-refractivity contribution in [3.63, 3.8) is 0 Å². The van der Waals surface area contributed by atoms with Crippen LogP contribution >= 0.6 is 0 Å². The van der Waals surface area contributed by atoms with E-state index in [0.717, 1.165) is 25.4 Å². The van der Waals surface area contributed by atoms with Crippen LogP contribution in [0.4, 0.5) is 0 Å². The summed E-state index contributed by atoms with van der Waals surface area (Å²) < 4.78 is 11.5. The normalized spacial score (nSPS) is 24.2. The largest absolute Gasteiger partial charge is 0.486 e.